The Hall–Kier alpha value is -0.410. The van der Waals surface area contributed by atoms with Gasteiger partial charge in [-0.15, -0.1) is 0 Å². The average Bonchev–Trinajstić information content (AvgIpc) is 2.48. The number of ketones is 1. The van der Waals surface area contributed by atoms with E-state index in [1.165, 1.54) is 6.42 Å². The first-order chi connectivity index (χ1) is 10.1. The Morgan fingerprint density at radius 3 is 2.19 bits per heavy atom. The average molecular weight is 294 g/mol. The van der Waals surface area contributed by atoms with Crippen molar-refractivity contribution in [3.63, 3.8) is 0 Å². The molecule has 3 fully saturated rings. The molecule has 2 N–H and O–H groups in total. The summed E-state index contributed by atoms with van der Waals surface area (Å²) >= 11 is 0. The van der Waals surface area contributed by atoms with Gasteiger partial charge in [-0.05, 0) is 38.5 Å². The second-order valence-electron chi connectivity index (χ2n) is 7.72. The zero-order valence-electron chi connectivity index (χ0n) is 13.1. The fourth-order valence-electron chi connectivity index (χ4n) is 5.36. The molecule has 0 spiro atoms. The Labute approximate surface area is 128 Å². The van der Waals surface area contributed by atoms with Crippen molar-refractivity contribution in [2.24, 2.45) is 11.8 Å². The van der Waals surface area contributed by atoms with Gasteiger partial charge in [0.1, 0.15) is 5.78 Å². The van der Waals surface area contributed by atoms with Crippen LogP contribution in [0.1, 0.15) is 83.5 Å². The number of aliphatic hydroxyl groups is 2. The minimum Gasteiger partial charge on any atom is -0.389 e. The van der Waals surface area contributed by atoms with Crippen molar-refractivity contribution in [2.75, 3.05) is 0 Å². The highest BCUT2D eigenvalue weighted by molar-refractivity contribution is 5.83. The van der Waals surface area contributed by atoms with Crippen LogP contribution in [0, 0.1) is 11.8 Å². The first-order valence-corrected chi connectivity index (χ1v) is 9.04. The molecule has 3 aliphatic carbocycles. The summed E-state index contributed by atoms with van der Waals surface area (Å²) in [6.07, 6.45) is 12.0. The number of hydrogen-bond acceptors (Lipinski definition) is 3. The van der Waals surface area contributed by atoms with Crippen LogP contribution in [0.4, 0.5) is 0 Å². The van der Waals surface area contributed by atoms with Gasteiger partial charge in [-0.1, -0.05) is 38.5 Å². The molecule has 3 saturated carbocycles. The van der Waals surface area contributed by atoms with Crippen molar-refractivity contribution in [1.29, 1.82) is 0 Å². The second-order valence-corrected chi connectivity index (χ2v) is 7.72. The van der Waals surface area contributed by atoms with E-state index in [-0.39, 0.29) is 17.6 Å². The molecule has 120 valence electrons. The van der Waals surface area contributed by atoms with Gasteiger partial charge in [0.2, 0.25) is 0 Å². The maximum atomic E-state index is 12.4. The van der Waals surface area contributed by atoms with Gasteiger partial charge in [-0.2, -0.15) is 0 Å². The van der Waals surface area contributed by atoms with Crippen molar-refractivity contribution in [2.45, 2.75) is 94.7 Å². The molecule has 0 aromatic heterocycles. The third kappa shape index (κ3) is 2.79. The summed E-state index contributed by atoms with van der Waals surface area (Å²) < 4.78 is 0. The van der Waals surface area contributed by atoms with E-state index in [0.717, 1.165) is 64.2 Å². The largest absolute Gasteiger partial charge is 0.389 e. The maximum absolute atomic E-state index is 12.4. The van der Waals surface area contributed by atoms with Gasteiger partial charge in [-0.25, -0.2) is 0 Å². The molecule has 0 aromatic rings. The number of Topliss-reactive ketones (excluding diaryl/α,β-unsaturated/α-hetero) is 1. The van der Waals surface area contributed by atoms with Gasteiger partial charge in [0.05, 0.1) is 11.2 Å². The second kappa shape index (κ2) is 6.00. The summed E-state index contributed by atoms with van der Waals surface area (Å²) in [6.45, 7) is 0. The highest BCUT2D eigenvalue weighted by Gasteiger charge is 2.55. The predicted octanol–water partition coefficient (Wildman–Crippen LogP) is 3.36. The molecule has 3 rings (SSSR count). The van der Waals surface area contributed by atoms with Crippen LogP contribution in [-0.2, 0) is 4.79 Å². The summed E-state index contributed by atoms with van der Waals surface area (Å²) in [6, 6.07) is 0. The summed E-state index contributed by atoms with van der Waals surface area (Å²) in [7, 11) is 0. The van der Waals surface area contributed by atoms with Gasteiger partial charge in [-0.3, -0.25) is 4.79 Å². The van der Waals surface area contributed by atoms with E-state index in [4.69, 9.17) is 0 Å². The molecule has 0 radical (unpaired) electrons. The molecule has 3 atom stereocenters. The van der Waals surface area contributed by atoms with Crippen molar-refractivity contribution in [3.8, 4) is 0 Å². The highest BCUT2D eigenvalue weighted by Crippen LogP contribution is 2.51. The van der Waals surface area contributed by atoms with E-state index < -0.39 is 11.2 Å². The van der Waals surface area contributed by atoms with Gasteiger partial charge in [0, 0.05) is 18.3 Å². The number of carbonyl (C=O) groups is 1. The first kappa shape index (κ1) is 15.5. The zero-order valence-corrected chi connectivity index (χ0v) is 13.1. The van der Waals surface area contributed by atoms with Gasteiger partial charge in [0.25, 0.3) is 0 Å². The topological polar surface area (TPSA) is 57.5 Å². The molecular weight excluding hydrogens is 264 g/mol. The Balaban J connectivity index is 1.87. The van der Waals surface area contributed by atoms with Crippen LogP contribution in [0.3, 0.4) is 0 Å². The van der Waals surface area contributed by atoms with Crippen molar-refractivity contribution >= 4 is 5.78 Å². The predicted molar refractivity (Wildman–Crippen MR) is 81.9 cm³/mol. The number of rotatable bonds is 2. The van der Waals surface area contributed by atoms with E-state index in [9.17, 15) is 15.0 Å². The van der Waals surface area contributed by atoms with Gasteiger partial charge < -0.3 is 10.2 Å². The fraction of sp³-hybridized carbons (Fsp3) is 0.944. The molecular formula is C18H30O3. The van der Waals surface area contributed by atoms with Crippen molar-refractivity contribution in [3.05, 3.63) is 0 Å². The van der Waals surface area contributed by atoms with E-state index in [2.05, 4.69) is 0 Å². The van der Waals surface area contributed by atoms with E-state index in [0.29, 0.717) is 12.8 Å². The van der Waals surface area contributed by atoms with Crippen LogP contribution >= 0.6 is 0 Å². The minimum atomic E-state index is -0.943. The third-order valence-electron chi connectivity index (χ3n) is 6.45. The fourth-order valence-corrected chi connectivity index (χ4v) is 5.36. The third-order valence-corrected chi connectivity index (χ3v) is 6.45. The molecule has 3 aliphatic rings. The minimum absolute atomic E-state index is 0.0916. The summed E-state index contributed by atoms with van der Waals surface area (Å²) in [5.41, 5.74) is -1.67. The van der Waals surface area contributed by atoms with Crippen LogP contribution < -0.4 is 0 Å². The Morgan fingerprint density at radius 1 is 0.810 bits per heavy atom. The van der Waals surface area contributed by atoms with Crippen LogP contribution in [0.2, 0.25) is 0 Å². The normalized spacial score (nSPS) is 41.0. The van der Waals surface area contributed by atoms with Crippen LogP contribution in [0.5, 0.6) is 0 Å². The number of hydrogen-bond donors (Lipinski definition) is 2. The van der Waals surface area contributed by atoms with E-state index >= 15 is 0 Å². The summed E-state index contributed by atoms with van der Waals surface area (Å²) in [5, 5.41) is 22.6. The summed E-state index contributed by atoms with van der Waals surface area (Å²) in [4.78, 5) is 12.4. The smallest absolute Gasteiger partial charge is 0.138 e. The number of carbonyl (C=O) groups excluding carboxylic acids is 1. The van der Waals surface area contributed by atoms with Crippen LogP contribution in [0.15, 0.2) is 0 Å². The van der Waals surface area contributed by atoms with Crippen molar-refractivity contribution in [1.82, 2.24) is 0 Å². The molecule has 0 bridgehead atoms. The highest BCUT2D eigenvalue weighted by atomic mass is 16.3. The molecule has 0 amide bonds. The molecule has 0 heterocycles. The lowest BCUT2D eigenvalue weighted by Crippen LogP contribution is -2.59. The van der Waals surface area contributed by atoms with Crippen molar-refractivity contribution < 1.29 is 15.0 Å². The van der Waals surface area contributed by atoms with Gasteiger partial charge in [0.15, 0.2) is 0 Å². The lowest BCUT2D eigenvalue weighted by Gasteiger charge is -2.53. The Morgan fingerprint density at radius 2 is 1.48 bits per heavy atom. The maximum Gasteiger partial charge on any atom is 0.138 e. The van der Waals surface area contributed by atoms with E-state index in [1.54, 1.807) is 0 Å². The SMILES string of the molecule is O=C1CCCC[C@H]1[C@]1(O)CCCC[C@@H]1C1(O)CCCCC1. The lowest BCUT2D eigenvalue weighted by molar-refractivity contribution is -0.187. The molecule has 0 saturated heterocycles. The Kier molecular flexibility index (Phi) is 4.42. The Bertz CT molecular complexity index is 386. The summed E-state index contributed by atoms with van der Waals surface area (Å²) in [5.74, 6) is -0.0661. The first-order valence-electron chi connectivity index (χ1n) is 9.04. The molecule has 0 aromatic carbocycles. The molecule has 0 unspecified atom stereocenters. The van der Waals surface area contributed by atoms with Gasteiger partial charge >= 0.3 is 0 Å². The van der Waals surface area contributed by atoms with Crippen LogP contribution in [0.25, 0.3) is 0 Å². The quantitative estimate of drug-likeness (QED) is 0.821. The van der Waals surface area contributed by atoms with Crippen LogP contribution in [-0.4, -0.2) is 27.2 Å². The molecule has 3 nitrogen and oxygen atoms in total. The molecule has 0 aliphatic heterocycles. The lowest BCUT2D eigenvalue weighted by atomic mass is 9.57. The standard InChI is InChI=1S/C18H30O3/c19-15-9-3-2-8-14(15)18(21)13-7-4-10-16(18)17(20)11-5-1-6-12-17/h14,16,20-21H,1-13H2/t14-,16-,18-/m1/s1. The molecule has 3 heteroatoms. The monoisotopic (exact) mass is 294 g/mol. The molecule has 21 heavy (non-hydrogen) atoms. The zero-order chi connectivity index (χ0) is 14.9. The van der Waals surface area contributed by atoms with E-state index in [1.807, 2.05) is 0 Å².